The number of halogens is 1. The van der Waals surface area contributed by atoms with E-state index in [0.717, 1.165) is 6.20 Å². The Bertz CT molecular complexity index is 1010. The van der Waals surface area contributed by atoms with Crippen LogP contribution in [0.2, 0.25) is 5.02 Å². The van der Waals surface area contributed by atoms with Gasteiger partial charge < -0.3 is 30.3 Å². The third-order valence-corrected chi connectivity index (χ3v) is 3.97. The Morgan fingerprint density at radius 2 is 2.00 bits per heavy atom. The molecule has 1 aromatic heterocycles. The van der Waals surface area contributed by atoms with Crippen LogP contribution in [0.4, 0.5) is 0 Å². The Hall–Kier alpha value is -3.63. The smallest absolute Gasteiger partial charge is 0.337 e. The average molecular weight is 450 g/mol. The predicted octanol–water partition coefficient (Wildman–Crippen LogP) is 2.16. The van der Waals surface area contributed by atoms with Crippen LogP contribution in [0, 0.1) is 5.41 Å². The van der Waals surface area contributed by atoms with Gasteiger partial charge in [-0.15, -0.1) is 0 Å². The van der Waals surface area contributed by atoms with E-state index >= 15 is 0 Å². The SMILES string of the molecule is CN/C=C\C(=N)NC(=O)c1cc(Oc2ncc(C(=O)O)cc2Cl)cc(O[C@@H](C)C[OH2+])c1. The Morgan fingerprint density at radius 3 is 2.61 bits per heavy atom. The lowest BCUT2D eigenvalue weighted by molar-refractivity contribution is 0.0696. The van der Waals surface area contributed by atoms with E-state index in [-0.39, 0.29) is 46.0 Å². The van der Waals surface area contributed by atoms with E-state index < -0.39 is 18.0 Å². The van der Waals surface area contributed by atoms with Crippen LogP contribution < -0.4 is 20.1 Å². The molecular weight excluding hydrogens is 428 g/mol. The first-order valence-electron chi connectivity index (χ1n) is 9.00. The molecule has 0 radical (unpaired) electrons. The number of carbonyl (C=O) groups is 2. The fourth-order valence-electron chi connectivity index (χ4n) is 2.24. The molecule has 0 unspecified atom stereocenters. The van der Waals surface area contributed by atoms with Crippen molar-refractivity contribution >= 4 is 29.3 Å². The van der Waals surface area contributed by atoms with Crippen LogP contribution in [0.15, 0.2) is 42.7 Å². The lowest BCUT2D eigenvalue weighted by Gasteiger charge is -2.14. The number of aromatic nitrogens is 1. The van der Waals surface area contributed by atoms with Gasteiger partial charge in [0.2, 0.25) is 5.88 Å². The van der Waals surface area contributed by atoms with Gasteiger partial charge in [0, 0.05) is 24.9 Å². The van der Waals surface area contributed by atoms with Crippen molar-refractivity contribution in [2.24, 2.45) is 0 Å². The highest BCUT2D eigenvalue weighted by molar-refractivity contribution is 6.32. The minimum atomic E-state index is -1.19. The predicted molar refractivity (Wildman–Crippen MR) is 115 cm³/mol. The highest BCUT2D eigenvalue weighted by Crippen LogP contribution is 2.31. The van der Waals surface area contributed by atoms with Crippen LogP contribution in [0.3, 0.4) is 0 Å². The summed E-state index contributed by atoms with van der Waals surface area (Å²) < 4.78 is 11.3. The largest absolute Gasteiger partial charge is 0.483 e. The highest BCUT2D eigenvalue weighted by Gasteiger charge is 2.16. The molecule has 0 fully saturated rings. The molecule has 10 nitrogen and oxygen atoms in total. The van der Waals surface area contributed by atoms with Gasteiger partial charge in [-0.1, -0.05) is 11.6 Å². The zero-order valence-corrected chi connectivity index (χ0v) is 17.5. The minimum Gasteiger partial charge on any atom is -0.483 e. The van der Waals surface area contributed by atoms with E-state index in [1.807, 2.05) is 0 Å². The van der Waals surface area contributed by atoms with Crippen molar-refractivity contribution in [2.75, 3.05) is 13.7 Å². The minimum absolute atomic E-state index is 0.00386. The number of nitrogens with zero attached hydrogens (tertiary/aromatic N) is 1. The Kier molecular flexibility index (Phi) is 8.35. The fraction of sp³-hybridized carbons (Fsp3) is 0.200. The van der Waals surface area contributed by atoms with Crippen molar-refractivity contribution < 1.29 is 29.3 Å². The molecule has 0 aliphatic heterocycles. The summed E-state index contributed by atoms with van der Waals surface area (Å²) in [4.78, 5) is 27.5. The molecule has 11 heteroatoms. The van der Waals surface area contributed by atoms with Gasteiger partial charge in [0.15, 0.2) is 12.7 Å². The number of ether oxygens (including phenoxy) is 2. The number of pyridine rings is 1. The molecule has 0 aliphatic carbocycles. The molecule has 31 heavy (non-hydrogen) atoms. The summed E-state index contributed by atoms with van der Waals surface area (Å²) in [6, 6.07) is 5.52. The van der Waals surface area contributed by atoms with Crippen molar-refractivity contribution in [1.82, 2.24) is 15.6 Å². The first-order valence-corrected chi connectivity index (χ1v) is 9.38. The van der Waals surface area contributed by atoms with Gasteiger partial charge in [0.05, 0.1) is 5.56 Å². The monoisotopic (exact) mass is 449 g/mol. The molecule has 1 atom stereocenters. The van der Waals surface area contributed by atoms with E-state index in [1.54, 1.807) is 14.0 Å². The number of benzene rings is 1. The maximum atomic E-state index is 12.6. The second-order valence-corrected chi connectivity index (χ2v) is 6.64. The summed E-state index contributed by atoms with van der Waals surface area (Å²) in [7, 11) is 1.66. The number of aromatic carboxylic acids is 1. The zero-order valence-electron chi connectivity index (χ0n) is 16.7. The molecule has 0 bridgehead atoms. The van der Waals surface area contributed by atoms with Gasteiger partial charge in [0.25, 0.3) is 5.91 Å². The van der Waals surface area contributed by atoms with Crippen molar-refractivity contribution in [3.05, 3.63) is 58.9 Å². The lowest BCUT2D eigenvalue weighted by Crippen LogP contribution is -2.28. The van der Waals surface area contributed by atoms with Crippen molar-refractivity contribution in [3.63, 3.8) is 0 Å². The Morgan fingerprint density at radius 1 is 1.29 bits per heavy atom. The van der Waals surface area contributed by atoms with Crippen molar-refractivity contribution in [2.45, 2.75) is 13.0 Å². The van der Waals surface area contributed by atoms with Gasteiger partial charge in [-0.25, -0.2) is 9.78 Å². The van der Waals surface area contributed by atoms with Crippen LogP contribution in [-0.4, -0.2) is 52.7 Å². The molecule has 2 aromatic rings. The molecule has 0 spiro atoms. The number of rotatable bonds is 9. The second-order valence-electron chi connectivity index (χ2n) is 6.23. The quantitative estimate of drug-likeness (QED) is 0.259. The second kappa shape index (κ2) is 11.0. The van der Waals surface area contributed by atoms with Crippen LogP contribution in [0.5, 0.6) is 17.4 Å². The average Bonchev–Trinajstić information content (AvgIpc) is 2.73. The van der Waals surface area contributed by atoms with Crippen LogP contribution in [0.1, 0.15) is 27.6 Å². The van der Waals surface area contributed by atoms with E-state index in [1.165, 1.54) is 36.5 Å². The Balaban J connectivity index is 2.35. The molecule has 2 rings (SSSR count). The van der Waals surface area contributed by atoms with Gasteiger partial charge in [-0.2, -0.15) is 0 Å². The molecule has 1 aromatic carbocycles. The molecule has 0 aliphatic rings. The summed E-state index contributed by atoms with van der Waals surface area (Å²) in [5.41, 5.74) is 0.0254. The number of carboxylic acids is 1. The standard InChI is InChI=1S/C20H21ClN4O6/c1-11(10-26)30-14-5-12(18(27)25-17(22)3-4-23-2)6-15(8-14)31-19-16(21)7-13(9-24-19)20(28)29/h3-9,11,23,26H,10H2,1-2H3,(H,28,29)(H2,22,25,27)/p+1/b4-3-/t11-/m0/s1. The number of carboxylic acid groups (broad SMARTS) is 1. The van der Waals surface area contributed by atoms with E-state index in [0.29, 0.717) is 0 Å². The first kappa shape index (κ1) is 23.6. The normalized spacial score (nSPS) is 11.6. The maximum absolute atomic E-state index is 12.6. The number of amidine groups is 1. The summed E-state index contributed by atoms with van der Waals surface area (Å²) in [6.07, 6.45) is 3.50. The van der Waals surface area contributed by atoms with Crippen molar-refractivity contribution in [3.8, 4) is 17.4 Å². The van der Waals surface area contributed by atoms with Gasteiger partial charge >= 0.3 is 5.97 Å². The summed E-state index contributed by atoms with van der Waals surface area (Å²) in [5.74, 6) is -1.56. The van der Waals surface area contributed by atoms with Crippen LogP contribution >= 0.6 is 11.6 Å². The Labute approximate surface area is 183 Å². The van der Waals surface area contributed by atoms with Crippen LogP contribution in [0.25, 0.3) is 0 Å². The number of amides is 1. The molecule has 1 amide bonds. The number of hydrogen-bond acceptors (Lipinski definition) is 7. The van der Waals surface area contributed by atoms with E-state index in [4.69, 9.17) is 36.7 Å². The fourth-order valence-corrected chi connectivity index (χ4v) is 2.44. The molecule has 0 saturated heterocycles. The van der Waals surface area contributed by atoms with Crippen molar-refractivity contribution in [1.29, 1.82) is 5.41 Å². The molecule has 164 valence electrons. The van der Waals surface area contributed by atoms with Gasteiger partial charge in [-0.3, -0.25) is 10.2 Å². The molecule has 1 heterocycles. The third-order valence-electron chi connectivity index (χ3n) is 3.70. The maximum Gasteiger partial charge on any atom is 0.337 e. The summed E-state index contributed by atoms with van der Waals surface area (Å²) in [5, 5.41) is 29.3. The number of carbonyl (C=O) groups excluding carboxylic acids is 1. The number of nitrogens with one attached hydrogen (secondary N) is 3. The first-order chi connectivity index (χ1) is 14.7. The molecular formula is C20H22ClN4O6+. The summed E-state index contributed by atoms with van der Waals surface area (Å²) in [6.45, 7) is 1.69. The van der Waals surface area contributed by atoms with Crippen LogP contribution in [-0.2, 0) is 0 Å². The number of hydrogen-bond donors (Lipinski definition) is 4. The topological polar surface area (TPSA) is 157 Å². The lowest BCUT2D eigenvalue weighted by atomic mass is 10.2. The molecule has 6 N–H and O–H groups in total. The zero-order chi connectivity index (χ0) is 23.0. The van der Waals surface area contributed by atoms with E-state index in [9.17, 15) is 9.59 Å². The highest BCUT2D eigenvalue weighted by atomic mass is 35.5. The van der Waals surface area contributed by atoms with Gasteiger partial charge in [-0.05, 0) is 37.4 Å². The molecule has 0 saturated carbocycles. The third kappa shape index (κ3) is 6.98. The van der Waals surface area contributed by atoms with E-state index in [2.05, 4.69) is 15.6 Å². The summed E-state index contributed by atoms with van der Waals surface area (Å²) >= 11 is 6.06. The van der Waals surface area contributed by atoms with Gasteiger partial charge in [0.1, 0.15) is 22.4 Å².